The number of hydrogen-bond acceptors (Lipinski definition) is 10. The first-order chi connectivity index (χ1) is 15.0. The van der Waals surface area contributed by atoms with Crippen LogP contribution in [0.1, 0.15) is 42.1 Å². The van der Waals surface area contributed by atoms with Gasteiger partial charge < -0.3 is 24.1 Å². The molecule has 0 spiro atoms. The Morgan fingerprint density at radius 1 is 1.19 bits per heavy atom. The molecule has 0 fully saturated rings. The largest absolute Gasteiger partial charge is 0.485 e. The lowest BCUT2D eigenvalue weighted by Crippen LogP contribution is -2.52. The van der Waals surface area contributed by atoms with E-state index in [1.54, 1.807) is 19.9 Å². The molecule has 32 heavy (non-hydrogen) atoms. The molecule has 2 heterocycles. The highest BCUT2D eigenvalue weighted by atomic mass is 17.0. The third kappa shape index (κ3) is 4.44. The summed E-state index contributed by atoms with van der Waals surface area (Å²) in [4.78, 5) is 42.8. The summed E-state index contributed by atoms with van der Waals surface area (Å²) in [5, 5.41) is 39.4. The van der Waals surface area contributed by atoms with Gasteiger partial charge in [-0.3, -0.25) is 4.79 Å². The van der Waals surface area contributed by atoms with Crippen molar-refractivity contribution in [3.63, 3.8) is 0 Å². The summed E-state index contributed by atoms with van der Waals surface area (Å²) in [5.74, 6) is 0.347. The standard InChI is InChI=1S/C19H18N4O9/c1-19(2)18(25)17(14-5-11(7-20)3-4-15(14)32-19)21-8-13(10-31-23(28)29)12(6-16(21)24)9-30-22(26)27/h3-6,8,17-18,25H,9-10H2,1-2H3. The van der Waals surface area contributed by atoms with Crippen molar-refractivity contribution in [2.24, 2.45) is 0 Å². The number of aliphatic hydroxyl groups excluding tert-OH is 1. The second-order valence-corrected chi connectivity index (χ2v) is 7.52. The summed E-state index contributed by atoms with van der Waals surface area (Å²) in [6, 6.07) is 6.53. The van der Waals surface area contributed by atoms with Crippen LogP contribution in [0.2, 0.25) is 0 Å². The van der Waals surface area contributed by atoms with Crippen LogP contribution in [0.15, 0.2) is 35.3 Å². The van der Waals surface area contributed by atoms with Crippen LogP contribution in [0.4, 0.5) is 0 Å². The minimum absolute atomic E-state index is 0.0107. The van der Waals surface area contributed by atoms with Crippen molar-refractivity contribution in [3.05, 3.63) is 83.3 Å². The fourth-order valence-corrected chi connectivity index (χ4v) is 3.50. The zero-order chi connectivity index (χ0) is 23.6. The van der Waals surface area contributed by atoms with E-state index in [2.05, 4.69) is 9.68 Å². The van der Waals surface area contributed by atoms with Gasteiger partial charge in [-0.1, -0.05) is 0 Å². The number of fused-ring (bicyclic) bond motifs is 1. The van der Waals surface area contributed by atoms with Gasteiger partial charge in [0.25, 0.3) is 15.7 Å². The van der Waals surface area contributed by atoms with Gasteiger partial charge >= 0.3 is 0 Å². The fourth-order valence-electron chi connectivity index (χ4n) is 3.50. The second-order valence-electron chi connectivity index (χ2n) is 7.52. The Hall–Kier alpha value is -4.18. The summed E-state index contributed by atoms with van der Waals surface area (Å²) in [5.41, 5.74) is -1.09. The molecule has 1 aromatic carbocycles. The van der Waals surface area contributed by atoms with Crippen LogP contribution in [0, 0.1) is 31.6 Å². The van der Waals surface area contributed by atoms with E-state index in [1.165, 1.54) is 18.3 Å². The minimum Gasteiger partial charge on any atom is -0.485 e. The zero-order valence-electron chi connectivity index (χ0n) is 17.0. The highest BCUT2D eigenvalue weighted by molar-refractivity contribution is 5.47. The average molecular weight is 446 g/mol. The maximum Gasteiger partial charge on any atom is 0.294 e. The molecule has 0 amide bonds. The molecule has 0 bridgehead atoms. The molecule has 13 heteroatoms. The van der Waals surface area contributed by atoms with Crippen LogP contribution in [0.25, 0.3) is 0 Å². The van der Waals surface area contributed by atoms with Gasteiger partial charge in [-0.15, -0.1) is 20.2 Å². The summed E-state index contributed by atoms with van der Waals surface area (Å²) in [7, 11) is 0. The third-order valence-electron chi connectivity index (χ3n) is 5.05. The van der Waals surface area contributed by atoms with Gasteiger partial charge in [-0.2, -0.15) is 5.26 Å². The molecule has 0 saturated heterocycles. The lowest BCUT2D eigenvalue weighted by molar-refractivity contribution is -0.764. The summed E-state index contributed by atoms with van der Waals surface area (Å²) >= 11 is 0. The maximum absolute atomic E-state index is 12.9. The predicted molar refractivity (Wildman–Crippen MR) is 104 cm³/mol. The molecule has 0 aliphatic carbocycles. The molecule has 0 radical (unpaired) electrons. The Morgan fingerprint density at radius 3 is 2.41 bits per heavy atom. The van der Waals surface area contributed by atoms with Gasteiger partial charge in [0, 0.05) is 17.8 Å². The number of nitrogens with zero attached hydrogens (tertiary/aromatic N) is 4. The molecule has 13 nitrogen and oxygen atoms in total. The van der Waals surface area contributed by atoms with Crippen molar-refractivity contribution in [1.82, 2.24) is 4.57 Å². The van der Waals surface area contributed by atoms with E-state index in [0.29, 0.717) is 11.3 Å². The number of aromatic nitrogens is 1. The predicted octanol–water partition coefficient (Wildman–Crippen LogP) is 1.26. The van der Waals surface area contributed by atoms with Crippen molar-refractivity contribution < 1.29 is 29.7 Å². The number of ether oxygens (including phenoxy) is 1. The number of hydrogen-bond donors (Lipinski definition) is 1. The lowest BCUT2D eigenvalue weighted by atomic mass is 9.85. The minimum atomic E-state index is -1.26. The first-order valence-corrected chi connectivity index (χ1v) is 9.23. The molecule has 0 saturated carbocycles. The Morgan fingerprint density at radius 2 is 1.81 bits per heavy atom. The first-order valence-electron chi connectivity index (χ1n) is 9.23. The number of rotatable bonds is 7. The quantitative estimate of drug-likeness (QED) is 0.480. The molecule has 1 aromatic heterocycles. The smallest absolute Gasteiger partial charge is 0.294 e. The molecule has 2 aromatic rings. The van der Waals surface area contributed by atoms with Crippen LogP contribution in [-0.2, 0) is 22.9 Å². The lowest BCUT2D eigenvalue weighted by Gasteiger charge is -2.42. The monoisotopic (exact) mass is 446 g/mol. The van der Waals surface area contributed by atoms with Gasteiger partial charge in [0.2, 0.25) is 0 Å². The Bertz CT molecular complexity index is 1170. The number of aliphatic hydroxyl groups is 1. The van der Waals surface area contributed by atoms with E-state index in [-0.39, 0.29) is 16.7 Å². The first kappa shape index (κ1) is 22.5. The van der Waals surface area contributed by atoms with E-state index in [9.17, 15) is 35.4 Å². The number of pyridine rings is 1. The summed E-state index contributed by atoms with van der Waals surface area (Å²) in [6.07, 6.45) is -0.0467. The Balaban J connectivity index is 2.18. The van der Waals surface area contributed by atoms with Crippen LogP contribution < -0.4 is 10.3 Å². The molecule has 2 unspecified atom stereocenters. The maximum atomic E-state index is 12.9. The normalized spacial score (nSPS) is 18.6. The van der Waals surface area contributed by atoms with E-state index in [4.69, 9.17) is 4.74 Å². The summed E-state index contributed by atoms with van der Waals surface area (Å²) < 4.78 is 6.96. The van der Waals surface area contributed by atoms with Crippen molar-refractivity contribution in [1.29, 1.82) is 5.26 Å². The van der Waals surface area contributed by atoms with Crippen LogP contribution in [-0.4, -0.2) is 31.6 Å². The molecular weight excluding hydrogens is 428 g/mol. The van der Waals surface area contributed by atoms with Gasteiger partial charge in [-0.25, -0.2) is 0 Å². The van der Waals surface area contributed by atoms with E-state index in [0.717, 1.165) is 10.6 Å². The van der Waals surface area contributed by atoms with Crippen molar-refractivity contribution >= 4 is 0 Å². The number of benzene rings is 1. The topological polar surface area (TPSA) is 180 Å². The second kappa shape index (κ2) is 8.52. The molecule has 1 N–H and O–H groups in total. The molecule has 3 rings (SSSR count). The molecule has 2 atom stereocenters. The van der Waals surface area contributed by atoms with Gasteiger partial charge in [-0.05, 0) is 43.2 Å². The number of nitriles is 1. The molecule has 1 aliphatic rings. The highest BCUT2D eigenvalue weighted by Gasteiger charge is 2.44. The third-order valence-corrected chi connectivity index (χ3v) is 5.05. The average Bonchev–Trinajstić information content (AvgIpc) is 2.72. The fraction of sp³-hybridized carbons (Fsp3) is 0.368. The van der Waals surface area contributed by atoms with Gasteiger partial charge in [0.05, 0.1) is 17.7 Å². The van der Waals surface area contributed by atoms with E-state index >= 15 is 0 Å². The van der Waals surface area contributed by atoms with E-state index < -0.39 is 46.7 Å². The Kier molecular flexibility index (Phi) is 5.99. The van der Waals surface area contributed by atoms with Crippen LogP contribution >= 0.6 is 0 Å². The highest BCUT2D eigenvalue weighted by Crippen LogP contribution is 2.42. The van der Waals surface area contributed by atoms with Crippen molar-refractivity contribution in [2.75, 3.05) is 0 Å². The van der Waals surface area contributed by atoms with Crippen molar-refractivity contribution in [3.8, 4) is 11.8 Å². The molecular formula is C19H18N4O9. The van der Waals surface area contributed by atoms with Gasteiger partial charge in [0.15, 0.2) is 0 Å². The SMILES string of the molecule is CC1(C)Oc2ccc(C#N)cc2C(n2cc(CO[N+](=O)[O-])c(CO[N+](=O)[O-])cc2=O)C1O. The summed E-state index contributed by atoms with van der Waals surface area (Å²) in [6.45, 7) is 1.99. The zero-order valence-corrected chi connectivity index (χ0v) is 17.0. The van der Waals surface area contributed by atoms with Gasteiger partial charge in [0.1, 0.15) is 30.7 Å². The van der Waals surface area contributed by atoms with E-state index in [1.807, 2.05) is 6.07 Å². The van der Waals surface area contributed by atoms with Crippen LogP contribution in [0.3, 0.4) is 0 Å². The molecule has 1 aliphatic heterocycles. The van der Waals surface area contributed by atoms with Crippen LogP contribution in [0.5, 0.6) is 5.75 Å². The Labute approximate surface area is 180 Å². The van der Waals surface area contributed by atoms with Crippen molar-refractivity contribution in [2.45, 2.75) is 44.8 Å². The molecule has 168 valence electrons.